The number of fused-ring (bicyclic) bond motifs is 1. The Kier molecular flexibility index (Phi) is 6.46. The second-order valence-electron chi connectivity index (χ2n) is 4.28. The molecule has 1 unspecified atom stereocenters. The van der Waals surface area contributed by atoms with Gasteiger partial charge in [-0.1, -0.05) is 53.0 Å². The van der Waals surface area contributed by atoms with Gasteiger partial charge in [0.05, 0.1) is 7.11 Å². The fourth-order valence-electron chi connectivity index (χ4n) is 1.91. The molecule has 2 aromatic rings. The van der Waals surface area contributed by atoms with Crippen molar-refractivity contribution in [2.45, 2.75) is 41.0 Å². The lowest BCUT2D eigenvalue weighted by Gasteiger charge is -2.10. The Hall–Kier alpha value is -1.50. The van der Waals surface area contributed by atoms with Gasteiger partial charge in [-0.15, -0.1) is 0 Å². The van der Waals surface area contributed by atoms with Crippen molar-refractivity contribution >= 4 is 10.8 Å². The van der Waals surface area contributed by atoms with E-state index < -0.39 is 0 Å². The molecule has 0 spiro atoms. The van der Waals surface area contributed by atoms with Crippen LogP contribution in [-0.2, 0) is 0 Å². The molecule has 0 saturated heterocycles. The molecule has 1 atom stereocenters. The van der Waals surface area contributed by atoms with Crippen LogP contribution in [0.15, 0.2) is 36.4 Å². The molecule has 0 aromatic heterocycles. The predicted octanol–water partition coefficient (Wildman–Crippen LogP) is 5.63. The average molecular weight is 246 g/mol. The van der Waals surface area contributed by atoms with Crippen LogP contribution in [0, 0.1) is 0 Å². The van der Waals surface area contributed by atoms with Crippen LogP contribution in [0.5, 0.6) is 5.75 Å². The van der Waals surface area contributed by atoms with Gasteiger partial charge in [0.25, 0.3) is 0 Å². The van der Waals surface area contributed by atoms with E-state index in [9.17, 15) is 0 Å². The highest BCUT2D eigenvalue weighted by atomic mass is 16.5. The van der Waals surface area contributed by atoms with Crippen LogP contribution >= 0.6 is 0 Å². The lowest BCUT2D eigenvalue weighted by atomic mass is 9.96. The zero-order valence-corrected chi connectivity index (χ0v) is 10.2. The van der Waals surface area contributed by atoms with Gasteiger partial charge in [-0.3, -0.25) is 0 Å². The monoisotopic (exact) mass is 246 g/mol. The first kappa shape index (κ1) is 16.5. The Labute approximate surface area is 112 Å². The van der Waals surface area contributed by atoms with Crippen LogP contribution in [-0.4, -0.2) is 7.11 Å². The number of rotatable bonds is 3. The van der Waals surface area contributed by atoms with Crippen LogP contribution < -0.4 is 4.74 Å². The fraction of sp³-hybridized carbons (Fsp3) is 0.412. The normalized spacial score (nSPS) is 11.3. The molecular weight excluding hydrogens is 220 g/mol. The lowest BCUT2D eigenvalue weighted by Crippen LogP contribution is -1.91. The third kappa shape index (κ3) is 3.25. The van der Waals surface area contributed by atoms with Crippen molar-refractivity contribution in [3.63, 3.8) is 0 Å². The summed E-state index contributed by atoms with van der Waals surface area (Å²) < 4.78 is 5.22. The van der Waals surface area contributed by atoms with Gasteiger partial charge < -0.3 is 4.74 Å². The number of hydrogen-bond donors (Lipinski definition) is 0. The standard InChI is InChI=1S/C15H18O.2CH4/c1-4-11(2)12-5-6-14-10-15(16-3)8-7-13(14)9-12;;/h5-11H,4H2,1-3H3;2*1H4. The summed E-state index contributed by atoms with van der Waals surface area (Å²) >= 11 is 0. The molecule has 2 rings (SSSR count). The van der Waals surface area contributed by atoms with Gasteiger partial charge in [0, 0.05) is 0 Å². The quantitative estimate of drug-likeness (QED) is 0.681. The largest absolute Gasteiger partial charge is 0.497 e. The van der Waals surface area contributed by atoms with Gasteiger partial charge in [-0.2, -0.15) is 0 Å². The summed E-state index contributed by atoms with van der Waals surface area (Å²) in [6.07, 6.45) is 1.18. The Bertz CT molecular complexity index is 488. The van der Waals surface area contributed by atoms with E-state index in [0.717, 1.165) is 5.75 Å². The molecule has 2 aromatic carbocycles. The van der Waals surface area contributed by atoms with Crippen molar-refractivity contribution in [3.05, 3.63) is 42.0 Å². The maximum Gasteiger partial charge on any atom is 0.119 e. The Morgan fingerprint density at radius 2 is 1.61 bits per heavy atom. The SMILES string of the molecule is C.C.CCC(C)c1ccc2cc(OC)ccc2c1. The van der Waals surface area contributed by atoms with Crippen LogP contribution in [0.25, 0.3) is 10.8 Å². The zero-order chi connectivity index (χ0) is 11.5. The van der Waals surface area contributed by atoms with E-state index in [1.54, 1.807) is 7.11 Å². The minimum absolute atomic E-state index is 0. The fourth-order valence-corrected chi connectivity index (χ4v) is 1.91. The van der Waals surface area contributed by atoms with Crippen molar-refractivity contribution < 1.29 is 4.74 Å². The van der Waals surface area contributed by atoms with E-state index >= 15 is 0 Å². The Morgan fingerprint density at radius 1 is 1.00 bits per heavy atom. The number of benzene rings is 2. The van der Waals surface area contributed by atoms with Gasteiger partial charge in [0.2, 0.25) is 0 Å². The maximum atomic E-state index is 5.22. The van der Waals surface area contributed by atoms with Gasteiger partial charge in [0.1, 0.15) is 5.75 Å². The summed E-state index contributed by atoms with van der Waals surface area (Å²) in [6, 6.07) is 12.9. The summed E-state index contributed by atoms with van der Waals surface area (Å²) in [6.45, 7) is 4.49. The molecule has 0 fully saturated rings. The highest BCUT2D eigenvalue weighted by Crippen LogP contribution is 2.26. The minimum atomic E-state index is 0. The van der Waals surface area contributed by atoms with Crippen molar-refractivity contribution in [1.82, 2.24) is 0 Å². The lowest BCUT2D eigenvalue weighted by molar-refractivity contribution is 0.415. The first-order chi connectivity index (χ1) is 7.74. The van der Waals surface area contributed by atoms with Crippen molar-refractivity contribution in [2.75, 3.05) is 7.11 Å². The maximum absolute atomic E-state index is 5.22. The number of ether oxygens (including phenoxy) is 1. The van der Waals surface area contributed by atoms with E-state index in [1.807, 2.05) is 6.07 Å². The smallest absolute Gasteiger partial charge is 0.119 e. The molecule has 0 aliphatic heterocycles. The Morgan fingerprint density at radius 3 is 2.22 bits per heavy atom. The molecule has 0 heterocycles. The second-order valence-corrected chi connectivity index (χ2v) is 4.28. The zero-order valence-electron chi connectivity index (χ0n) is 10.2. The molecule has 1 nitrogen and oxygen atoms in total. The molecule has 0 saturated carbocycles. The molecule has 18 heavy (non-hydrogen) atoms. The number of hydrogen-bond acceptors (Lipinski definition) is 1. The van der Waals surface area contributed by atoms with E-state index in [0.29, 0.717) is 5.92 Å². The summed E-state index contributed by atoms with van der Waals surface area (Å²) in [5.74, 6) is 1.55. The van der Waals surface area contributed by atoms with Crippen LogP contribution in [0.1, 0.15) is 46.6 Å². The first-order valence-electron chi connectivity index (χ1n) is 5.82. The highest BCUT2D eigenvalue weighted by Gasteiger charge is 2.04. The summed E-state index contributed by atoms with van der Waals surface area (Å²) in [4.78, 5) is 0. The number of methoxy groups -OCH3 is 1. The van der Waals surface area contributed by atoms with E-state index in [2.05, 4.69) is 44.2 Å². The molecule has 1 heteroatoms. The molecule has 0 N–H and O–H groups in total. The van der Waals surface area contributed by atoms with Gasteiger partial charge in [-0.05, 0) is 40.8 Å². The van der Waals surface area contributed by atoms with Crippen LogP contribution in [0.3, 0.4) is 0 Å². The van der Waals surface area contributed by atoms with Gasteiger partial charge >= 0.3 is 0 Å². The predicted molar refractivity (Wildman–Crippen MR) is 82.7 cm³/mol. The first-order valence-corrected chi connectivity index (χ1v) is 5.82. The molecule has 0 aliphatic rings. The molecule has 100 valence electrons. The third-order valence-electron chi connectivity index (χ3n) is 3.25. The minimum Gasteiger partial charge on any atom is -0.497 e. The molecular formula is C17H26O. The molecule has 0 amide bonds. The van der Waals surface area contributed by atoms with Crippen LogP contribution in [0.4, 0.5) is 0 Å². The van der Waals surface area contributed by atoms with Crippen molar-refractivity contribution in [2.24, 2.45) is 0 Å². The third-order valence-corrected chi connectivity index (χ3v) is 3.25. The van der Waals surface area contributed by atoms with Crippen LogP contribution in [0.2, 0.25) is 0 Å². The molecule has 0 bridgehead atoms. The topological polar surface area (TPSA) is 9.23 Å². The van der Waals surface area contributed by atoms with E-state index in [-0.39, 0.29) is 14.9 Å². The summed E-state index contributed by atoms with van der Waals surface area (Å²) in [7, 11) is 1.70. The average Bonchev–Trinajstić information content (AvgIpc) is 2.36. The van der Waals surface area contributed by atoms with Gasteiger partial charge in [0.15, 0.2) is 0 Å². The van der Waals surface area contributed by atoms with Gasteiger partial charge in [-0.25, -0.2) is 0 Å². The van der Waals surface area contributed by atoms with E-state index in [1.165, 1.54) is 22.8 Å². The summed E-state index contributed by atoms with van der Waals surface area (Å²) in [5, 5.41) is 2.53. The molecule has 0 aliphatic carbocycles. The molecule has 0 radical (unpaired) electrons. The van der Waals surface area contributed by atoms with Crippen molar-refractivity contribution in [1.29, 1.82) is 0 Å². The Balaban J connectivity index is 0.00000144. The van der Waals surface area contributed by atoms with Crippen molar-refractivity contribution in [3.8, 4) is 5.75 Å². The van der Waals surface area contributed by atoms with E-state index in [4.69, 9.17) is 4.74 Å². The second kappa shape index (κ2) is 7.05. The highest BCUT2D eigenvalue weighted by molar-refractivity contribution is 5.84. The summed E-state index contributed by atoms with van der Waals surface area (Å²) in [5.41, 5.74) is 1.42.